The lowest BCUT2D eigenvalue weighted by Crippen LogP contribution is -2.30. The minimum Gasteiger partial charge on any atom is -0.325 e. The Hall–Kier alpha value is -5.11. The average Bonchev–Trinajstić information content (AvgIpc) is 3.06. The normalized spacial score (nSPS) is 11.7. The van der Waals surface area contributed by atoms with Crippen molar-refractivity contribution >= 4 is 58.5 Å². The number of nitrogens with one attached hydrogen (secondary N) is 3. The number of anilines is 2. The third kappa shape index (κ3) is 8.72. The van der Waals surface area contributed by atoms with Crippen molar-refractivity contribution in [1.29, 1.82) is 0 Å². The standard InChI is InChI=1S/C37H30ClN3O3S/c1-25-20-21-30(24-32(25)38)40-37(44)34(27-14-7-3-8-15-27)45-31-19-11-18-29(23-31)39-36(43)33(22-26-12-5-2-6-13-26)41-35(42)28-16-9-4-10-17-28/h2-24,34H,1H3,(H,39,43)(H,40,44)(H,41,42)/b33-22-. The summed E-state index contributed by atoms with van der Waals surface area (Å²) in [5.41, 5.74) is 4.14. The Morgan fingerprint density at radius 2 is 1.36 bits per heavy atom. The maximum atomic E-state index is 13.6. The summed E-state index contributed by atoms with van der Waals surface area (Å²) >= 11 is 7.65. The number of rotatable bonds is 10. The summed E-state index contributed by atoms with van der Waals surface area (Å²) in [4.78, 5) is 40.8. The summed E-state index contributed by atoms with van der Waals surface area (Å²) in [6.07, 6.45) is 1.63. The summed E-state index contributed by atoms with van der Waals surface area (Å²) < 4.78 is 0. The van der Waals surface area contributed by atoms with Gasteiger partial charge in [0.2, 0.25) is 5.91 Å². The third-order valence-corrected chi connectivity index (χ3v) is 8.42. The molecule has 3 amide bonds. The van der Waals surface area contributed by atoms with Gasteiger partial charge in [0.05, 0.1) is 0 Å². The van der Waals surface area contributed by atoms with Gasteiger partial charge in [0.25, 0.3) is 11.8 Å². The molecule has 5 aromatic carbocycles. The van der Waals surface area contributed by atoms with E-state index in [2.05, 4.69) is 16.0 Å². The van der Waals surface area contributed by atoms with Gasteiger partial charge in [0, 0.05) is 26.9 Å². The molecule has 8 heteroatoms. The van der Waals surface area contributed by atoms with Gasteiger partial charge in [-0.1, -0.05) is 103 Å². The van der Waals surface area contributed by atoms with Crippen molar-refractivity contribution in [2.45, 2.75) is 17.1 Å². The van der Waals surface area contributed by atoms with Gasteiger partial charge in [-0.15, -0.1) is 11.8 Å². The molecule has 0 spiro atoms. The van der Waals surface area contributed by atoms with Crippen LogP contribution in [0.4, 0.5) is 11.4 Å². The van der Waals surface area contributed by atoms with Crippen LogP contribution in [-0.2, 0) is 9.59 Å². The number of carbonyl (C=O) groups excluding carboxylic acids is 3. The zero-order valence-corrected chi connectivity index (χ0v) is 25.9. The first-order chi connectivity index (χ1) is 21.9. The summed E-state index contributed by atoms with van der Waals surface area (Å²) in [5.74, 6) is -1.10. The van der Waals surface area contributed by atoms with E-state index in [1.54, 1.807) is 54.6 Å². The third-order valence-electron chi connectivity index (χ3n) is 6.77. The molecule has 0 radical (unpaired) electrons. The molecule has 45 heavy (non-hydrogen) atoms. The molecule has 1 unspecified atom stereocenters. The van der Waals surface area contributed by atoms with E-state index in [1.165, 1.54) is 11.8 Å². The number of hydrogen-bond donors (Lipinski definition) is 3. The molecule has 6 nitrogen and oxygen atoms in total. The molecule has 0 bridgehead atoms. The number of aryl methyl sites for hydroxylation is 1. The van der Waals surface area contributed by atoms with E-state index < -0.39 is 17.1 Å². The SMILES string of the molecule is Cc1ccc(NC(=O)C(Sc2cccc(NC(=O)/C(=C/c3ccccc3)NC(=O)c3ccccc3)c2)c2ccccc2)cc1Cl. The first-order valence-corrected chi connectivity index (χ1v) is 15.4. The van der Waals surface area contributed by atoms with Crippen molar-refractivity contribution in [3.05, 3.63) is 166 Å². The van der Waals surface area contributed by atoms with Gasteiger partial charge in [-0.3, -0.25) is 14.4 Å². The van der Waals surface area contributed by atoms with Gasteiger partial charge in [-0.2, -0.15) is 0 Å². The zero-order valence-electron chi connectivity index (χ0n) is 24.4. The predicted molar refractivity (Wildman–Crippen MR) is 183 cm³/mol. The first-order valence-electron chi connectivity index (χ1n) is 14.2. The minimum absolute atomic E-state index is 0.0893. The lowest BCUT2D eigenvalue weighted by Gasteiger charge is -2.18. The van der Waals surface area contributed by atoms with Gasteiger partial charge in [0.15, 0.2) is 0 Å². The van der Waals surface area contributed by atoms with Gasteiger partial charge in [-0.25, -0.2) is 0 Å². The van der Waals surface area contributed by atoms with E-state index in [0.717, 1.165) is 21.6 Å². The van der Waals surface area contributed by atoms with Crippen LogP contribution < -0.4 is 16.0 Å². The van der Waals surface area contributed by atoms with Crippen LogP contribution in [-0.4, -0.2) is 17.7 Å². The van der Waals surface area contributed by atoms with E-state index in [1.807, 2.05) is 91.9 Å². The average molecular weight is 632 g/mol. The molecule has 0 aliphatic carbocycles. The van der Waals surface area contributed by atoms with Crippen molar-refractivity contribution in [2.75, 3.05) is 10.6 Å². The van der Waals surface area contributed by atoms with E-state index in [9.17, 15) is 14.4 Å². The molecule has 5 aromatic rings. The quantitative estimate of drug-likeness (QED) is 0.106. The summed E-state index contributed by atoms with van der Waals surface area (Å²) in [6.45, 7) is 1.90. The summed E-state index contributed by atoms with van der Waals surface area (Å²) in [7, 11) is 0. The molecule has 0 fully saturated rings. The molecule has 1 atom stereocenters. The number of amides is 3. The second-order valence-corrected chi connectivity index (χ2v) is 11.7. The Bertz CT molecular complexity index is 1830. The highest BCUT2D eigenvalue weighted by molar-refractivity contribution is 8.00. The molecule has 5 rings (SSSR count). The Balaban J connectivity index is 1.36. The van der Waals surface area contributed by atoms with Gasteiger partial charge in [0.1, 0.15) is 10.9 Å². The van der Waals surface area contributed by atoms with E-state index in [0.29, 0.717) is 22.0 Å². The molecule has 0 aliphatic rings. The molecule has 0 aliphatic heterocycles. The molecule has 0 heterocycles. The zero-order chi connectivity index (χ0) is 31.6. The van der Waals surface area contributed by atoms with Crippen molar-refractivity contribution in [3.8, 4) is 0 Å². The van der Waals surface area contributed by atoms with Crippen LogP contribution in [0.5, 0.6) is 0 Å². The first kappa shape index (κ1) is 31.3. The van der Waals surface area contributed by atoms with E-state index >= 15 is 0 Å². The highest BCUT2D eigenvalue weighted by Crippen LogP contribution is 2.37. The number of thioether (sulfide) groups is 1. The fourth-order valence-corrected chi connectivity index (χ4v) is 5.68. The maximum absolute atomic E-state index is 13.6. The van der Waals surface area contributed by atoms with Gasteiger partial charge in [-0.05, 0) is 72.2 Å². The number of halogens is 1. The van der Waals surface area contributed by atoms with Crippen molar-refractivity contribution in [2.24, 2.45) is 0 Å². The molecule has 0 aromatic heterocycles. The van der Waals surface area contributed by atoms with E-state index in [-0.39, 0.29) is 11.6 Å². The molecular formula is C37H30ClN3O3S. The van der Waals surface area contributed by atoms with Gasteiger partial charge < -0.3 is 16.0 Å². The van der Waals surface area contributed by atoms with Crippen LogP contribution in [0.15, 0.2) is 144 Å². The fraction of sp³-hybridized carbons (Fsp3) is 0.0541. The highest BCUT2D eigenvalue weighted by Gasteiger charge is 2.23. The topological polar surface area (TPSA) is 87.3 Å². The van der Waals surface area contributed by atoms with Crippen LogP contribution >= 0.6 is 23.4 Å². The van der Waals surface area contributed by atoms with Crippen LogP contribution in [0.25, 0.3) is 6.08 Å². The van der Waals surface area contributed by atoms with Crippen LogP contribution in [0.3, 0.4) is 0 Å². The summed E-state index contributed by atoms with van der Waals surface area (Å²) in [5, 5.41) is 8.63. The number of benzene rings is 5. The van der Waals surface area contributed by atoms with Gasteiger partial charge >= 0.3 is 0 Å². The Kier molecular flexibility index (Phi) is 10.5. The Morgan fingerprint density at radius 3 is 2.04 bits per heavy atom. The molecule has 0 saturated heterocycles. The monoisotopic (exact) mass is 631 g/mol. The lowest BCUT2D eigenvalue weighted by atomic mass is 10.1. The second-order valence-electron chi connectivity index (χ2n) is 10.1. The molecular weight excluding hydrogens is 602 g/mol. The van der Waals surface area contributed by atoms with Crippen molar-refractivity contribution in [3.63, 3.8) is 0 Å². The molecule has 3 N–H and O–H groups in total. The number of carbonyl (C=O) groups is 3. The smallest absolute Gasteiger partial charge is 0.272 e. The van der Waals surface area contributed by atoms with E-state index in [4.69, 9.17) is 11.6 Å². The largest absolute Gasteiger partial charge is 0.325 e. The highest BCUT2D eigenvalue weighted by atomic mass is 35.5. The van der Waals surface area contributed by atoms with Crippen LogP contribution in [0, 0.1) is 6.92 Å². The van der Waals surface area contributed by atoms with Crippen LogP contribution in [0.2, 0.25) is 5.02 Å². The van der Waals surface area contributed by atoms with Crippen molar-refractivity contribution < 1.29 is 14.4 Å². The van der Waals surface area contributed by atoms with Crippen molar-refractivity contribution in [1.82, 2.24) is 5.32 Å². The Labute approximate surface area is 271 Å². The predicted octanol–water partition coefficient (Wildman–Crippen LogP) is 8.53. The lowest BCUT2D eigenvalue weighted by molar-refractivity contribution is -0.116. The molecule has 224 valence electrons. The van der Waals surface area contributed by atoms with Crippen LogP contribution in [0.1, 0.15) is 32.3 Å². The minimum atomic E-state index is -0.587. The second kappa shape index (κ2) is 15.1. The number of hydrogen-bond acceptors (Lipinski definition) is 4. The fourth-order valence-electron chi connectivity index (χ4n) is 4.42. The summed E-state index contributed by atoms with van der Waals surface area (Å²) in [6, 6.07) is 40.1. The molecule has 0 saturated carbocycles. The Morgan fingerprint density at radius 1 is 0.711 bits per heavy atom. The maximum Gasteiger partial charge on any atom is 0.272 e.